The number of nitro groups is 1. The third-order valence-electron chi connectivity index (χ3n) is 5.08. The van der Waals surface area contributed by atoms with Crippen molar-refractivity contribution in [3.05, 3.63) is 93.5 Å². The molecule has 39 heavy (non-hydrogen) atoms. The van der Waals surface area contributed by atoms with Crippen LogP contribution in [-0.2, 0) is 15.8 Å². The van der Waals surface area contributed by atoms with Gasteiger partial charge in [-0.1, -0.05) is 18.2 Å². The molecule has 0 heterocycles. The molecule has 0 aliphatic carbocycles. The van der Waals surface area contributed by atoms with Crippen LogP contribution in [0.15, 0.2) is 71.8 Å². The number of carbonyl (C=O) groups excluding carboxylic acids is 3. The van der Waals surface area contributed by atoms with Crippen molar-refractivity contribution in [3.63, 3.8) is 0 Å². The summed E-state index contributed by atoms with van der Waals surface area (Å²) in [7, 11) is 1.29. The SMILES string of the molecule is COc1cc(/C(C)=N/NC(=O)C(=O)Nc2cccc(C(F)(F)F)c2)ccc1OC(=O)c1ccccc1[N+](=O)[O-]. The van der Waals surface area contributed by atoms with Gasteiger partial charge in [-0.25, -0.2) is 10.2 Å². The summed E-state index contributed by atoms with van der Waals surface area (Å²) in [5, 5.41) is 17.0. The number of nitro benzene ring substituents is 1. The minimum Gasteiger partial charge on any atom is -0.493 e. The van der Waals surface area contributed by atoms with Gasteiger partial charge >= 0.3 is 24.0 Å². The molecule has 0 spiro atoms. The highest BCUT2D eigenvalue weighted by molar-refractivity contribution is 6.39. The van der Waals surface area contributed by atoms with E-state index in [0.29, 0.717) is 11.6 Å². The number of nitrogens with zero attached hydrogens (tertiary/aromatic N) is 2. The first-order valence-corrected chi connectivity index (χ1v) is 10.9. The van der Waals surface area contributed by atoms with E-state index >= 15 is 0 Å². The van der Waals surface area contributed by atoms with E-state index < -0.39 is 40.1 Å². The van der Waals surface area contributed by atoms with Crippen molar-refractivity contribution in [1.29, 1.82) is 0 Å². The Balaban J connectivity index is 1.69. The van der Waals surface area contributed by atoms with Crippen LogP contribution in [0.3, 0.4) is 0 Å². The molecule has 0 fully saturated rings. The van der Waals surface area contributed by atoms with E-state index in [2.05, 4.69) is 10.4 Å². The summed E-state index contributed by atoms with van der Waals surface area (Å²) in [5.41, 5.74) is 0.612. The van der Waals surface area contributed by atoms with E-state index in [0.717, 1.165) is 18.2 Å². The standard InChI is InChI=1S/C25H19F3N4O7/c1-14(30-31-23(34)22(33)29-17-7-5-6-16(13-17)25(26,27)28)15-10-11-20(21(12-15)38-2)39-24(35)18-8-3-4-9-19(18)32(36)37/h3-13H,1-2H3,(H,29,33)(H,31,34)/b30-14+. The van der Waals surface area contributed by atoms with Gasteiger partial charge in [-0.2, -0.15) is 18.3 Å². The zero-order valence-electron chi connectivity index (χ0n) is 20.2. The molecule has 0 aliphatic heterocycles. The molecule has 0 unspecified atom stereocenters. The Morgan fingerprint density at radius 3 is 2.33 bits per heavy atom. The summed E-state index contributed by atoms with van der Waals surface area (Å²) in [6.07, 6.45) is -4.63. The molecule has 11 nitrogen and oxygen atoms in total. The minimum absolute atomic E-state index is 0.0540. The molecule has 0 saturated heterocycles. The monoisotopic (exact) mass is 544 g/mol. The van der Waals surface area contributed by atoms with Crippen molar-refractivity contribution >= 4 is 34.9 Å². The van der Waals surface area contributed by atoms with Crippen molar-refractivity contribution in [1.82, 2.24) is 5.43 Å². The second-order valence-electron chi connectivity index (χ2n) is 7.70. The molecular formula is C25H19F3N4O7. The fourth-order valence-electron chi connectivity index (χ4n) is 3.15. The topological polar surface area (TPSA) is 149 Å². The minimum atomic E-state index is -4.63. The van der Waals surface area contributed by atoms with Crippen LogP contribution in [0, 0.1) is 10.1 Å². The van der Waals surface area contributed by atoms with E-state index in [4.69, 9.17) is 9.47 Å². The van der Waals surface area contributed by atoms with E-state index in [9.17, 15) is 37.7 Å². The summed E-state index contributed by atoms with van der Waals surface area (Å²) >= 11 is 0. The van der Waals surface area contributed by atoms with Crippen molar-refractivity contribution in [2.75, 3.05) is 12.4 Å². The number of halogens is 3. The molecule has 0 aliphatic rings. The van der Waals surface area contributed by atoms with Crippen molar-refractivity contribution in [3.8, 4) is 11.5 Å². The number of hydrazone groups is 1. The molecular weight excluding hydrogens is 525 g/mol. The molecule has 0 aromatic heterocycles. The van der Waals surface area contributed by atoms with Gasteiger partial charge in [-0.3, -0.25) is 19.7 Å². The molecule has 0 radical (unpaired) electrons. The van der Waals surface area contributed by atoms with Gasteiger partial charge in [0, 0.05) is 17.3 Å². The maximum Gasteiger partial charge on any atom is 0.416 e. The smallest absolute Gasteiger partial charge is 0.416 e. The largest absolute Gasteiger partial charge is 0.493 e. The maximum atomic E-state index is 12.8. The lowest BCUT2D eigenvalue weighted by Gasteiger charge is -2.11. The van der Waals surface area contributed by atoms with Crippen molar-refractivity contribution < 1.29 is 42.0 Å². The van der Waals surface area contributed by atoms with E-state index in [1.54, 1.807) is 0 Å². The first kappa shape index (κ1) is 28.3. The highest BCUT2D eigenvalue weighted by atomic mass is 19.4. The number of alkyl halides is 3. The van der Waals surface area contributed by atoms with Crippen LogP contribution in [0.1, 0.15) is 28.4 Å². The lowest BCUT2D eigenvalue weighted by molar-refractivity contribution is -0.385. The molecule has 0 atom stereocenters. The van der Waals surface area contributed by atoms with Crippen LogP contribution in [0.4, 0.5) is 24.5 Å². The summed E-state index contributed by atoms with van der Waals surface area (Å²) in [4.78, 5) is 47.1. The third kappa shape index (κ3) is 7.15. The number of amides is 2. The normalized spacial score (nSPS) is 11.4. The number of anilines is 1. The van der Waals surface area contributed by atoms with Crippen LogP contribution in [0.2, 0.25) is 0 Å². The van der Waals surface area contributed by atoms with E-state index in [1.165, 1.54) is 56.5 Å². The molecule has 0 bridgehead atoms. The summed E-state index contributed by atoms with van der Waals surface area (Å²) < 4.78 is 49.0. The lowest BCUT2D eigenvalue weighted by Crippen LogP contribution is -2.33. The van der Waals surface area contributed by atoms with Gasteiger partial charge in [-0.15, -0.1) is 0 Å². The van der Waals surface area contributed by atoms with E-state index in [1.807, 2.05) is 5.43 Å². The zero-order chi connectivity index (χ0) is 28.7. The van der Waals surface area contributed by atoms with E-state index in [-0.39, 0.29) is 28.5 Å². The predicted octanol–water partition coefficient (Wildman–Crippen LogP) is 4.32. The molecule has 3 aromatic carbocycles. The number of carbonyl (C=O) groups is 3. The number of rotatable bonds is 7. The van der Waals surface area contributed by atoms with Crippen LogP contribution >= 0.6 is 0 Å². The number of esters is 1. The Kier molecular flexibility index (Phi) is 8.60. The summed E-state index contributed by atoms with van der Waals surface area (Å²) in [6, 6.07) is 13.2. The molecule has 2 N–H and O–H groups in total. The molecule has 3 rings (SSSR count). The Hall–Kier alpha value is -5.27. The number of benzene rings is 3. The number of hydrogen-bond acceptors (Lipinski definition) is 8. The first-order valence-electron chi connectivity index (χ1n) is 10.9. The maximum absolute atomic E-state index is 12.8. The number of ether oxygens (including phenoxy) is 2. The zero-order valence-corrected chi connectivity index (χ0v) is 20.2. The molecule has 14 heteroatoms. The summed E-state index contributed by atoms with van der Waals surface area (Å²) in [6.45, 7) is 1.47. The number of methoxy groups -OCH3 is 1. The van der Waals surface area contributed by atoms with Crippen molar-refractivity contribution in [2.45, 2.75) is 13.1 Å². The van der Waals surface area contributed by atoms with Gasteiger partial charge in [0.2, 0.25) is 0 Å². The Morgan fingerprint density at radius 1 is 0.949 bits per heavy atom. The highest BCUT2D eigenvalue weighted by Gasteiger charge is 2.30. The first-order chi connectivity index (χ1) is 18.4. The van der Waals surface area contributed by atoms with Crippen molar-refractivity contribution in [2.24, 2.45) is 5.10 Å². The second kappa shape index (κ2) is 11.9. The van der Waals surface area contributed by atoms with Gasteiger partial charge in [-0.05, 0) is 49.4 Å². The fourth-order valence-corrected chi connectivity index (χ4v) is 3.15. The number of hydrogen-bond donors (Lipinski definition) is 2. The van der Waals surface area contributed by atoms with Gasteiger partial charge in [0.1, 0.15) is 5.56 Å². The molecule has 202 valence electrons. The van der Waals surface area contributed by atoms with Gasteiger partial charge < -0.3 is 14.8 Å². The van der Waals surface area contributed by atoms with Crippen LogP contribution < -0.4 is 20.2 Å². The van der Waals surface area contributed by atoms with Crippen LogP contribution in [-0.4, -0.2) is 35.5 Å². The Bertz CT molecular complexity index is 1470. The average molecular weight is 544 g/mol. The lowest BCUT2D eigenvalue weighted by atomic mass is 10.1. The molecule has 3 aromatic rings. The summed E-state index contributed by atoms with van der Waals surface area (Å²) in [5.74, 6) is -3.48. The Labute approximate surface area is 218 Å². The highest BCUT2D eigenvalue weighted by Crippen LogP contribution is 2.31. The van der Waals surface area contributed by atoms with Gasteiger partial charge in [0.25, 0.3) is 5.69 Å². The number of para-hydroxylation sites is 1. The molecule has 2 amide bonds. The Morgan fingerprint density at radius 2 is 1.67 bits per heavy atom. The second-order valence-corrected chi connectivity index (χ2v) is 7.70. The third-order valence-corrected chi connectivity index (χ3v) is 5.08. The predicted molar refractivity (Wildman–Crippen MR) is 131 cm³/mol. The fraction of sp³-hybridized carbons (Fsp3) is 0.120. The average Bonchev–Trinajstić information content (AvgIpc) is 2.91. The quantitative estimate of drug-likeness (QED) is 0.112. The number of nitrogens with one attached hydrogen (secondary N) is 2. The van der Waals surface area contributed by atoms with Gasteiger partial charge in [0.15, 0.2) is 11.5 Å². The molecule has 0 saturated carbocycles. The van der Waals surface area contributed by atoms with Gasteiger partial charge in [0.05, 0.1) is 23.3 Å². The van der Waals surface area contributed by atoms with Crippen LogP contribution in [0.25, 0.3) is 0 Å². The van der Waals surface area contributed by atoms with Crippen LogP contribution in [0.5, 0.6) is 11.5 Å².